The van der Waals surface area contributed by atoms with E-state index in [1.807, 2.05) is 5.38 Å². The minimum atomic E-state index is 0.407. The summed E-state index contributed by atoms with van der Waals surface area (Å²) in [5, 5.41) is 6.03. The predicted molar refractivity (Wildman–Crippen MR) is 52.4 cm³/mol. The fourth-order valence-corrected chi connectivity index (χ4v) is 2.04. The molecule has 2 heterocycles. The molecule has 0 spiro atoms. The Morgan fingerprint density at radius 1 is 1.54 bits per heavy atom. The van der Waals surface area contributed by atoms with Gasteiger partial charge in [0.25, 0.3) is 0 Å². The third kappa shape index (κ3) is 2.46. The van der Waals surface area contributed by atoms with E-state index in [-0.39, 0.29) is 0 Å². The highest BCUT2D eigenvalue weighted by atomic mass is 32.1. The van der Waals surface area contributed by atoms with Gasteiger partial charge in [-0.1, -0.05) is 4.49 Å². The zero-order chi connectivity index (χ0) is 9.10. The van der Waals surface area contributed by atoms with Crippen LogP contribution in [0.3, 0.4) is 0 Å². The van der Waals surface area contributed by atoms with Crippen molar-refractivity contribution in [3.05, 3.63) is 11.1 Å². The molecule has 4 nitrogen and oxygen atoms in total. The van der Waals surface area contributed by atoms with Crippen LogP contribution in [0.4, 0.5) is 0 Å². The average Bonchev–Trinajstić information content (AvgIpc) is 2.62. The Labute approximate surface area is 81.9 Å². The SMILES string of the molecule is NC1CCN(Cc2csnn2)CC1. The Bertz CT molecular complexity index is 241. The van der Waals surface area contributed by atoms with E-state index in [9.17, 15) is 0 Å². The van der Waals surface area contributed by atoms with Crippen LogP contribution >= 0.6 is 11.5 Å². The molecule has 5 heteroatoms. The van der Waals surface area contributed by atoms with Gasteiger partial charge in [0.2, 0.25) is 0 Å². The lowest BCUT2D eigenvalue weighted by atomic mass is 10.1. The van der Waals surface area contributed by atoms with Crippen molar-refractivity contribution >= 4 is 11.5 Å². The average molecular weight is 198 g/mol. The molecule has 0 amide bonds. The minimum Gasteiger partial charge on any atom is -0.328 e. The standard InChI is InChI=1S/C8H14N4S/c9-7-1-3-12(4-2-7)5-8-6-13-11-10-8/h6-7H,1-5,9H2. The van der Waals surface area contributed by atoms with E-state index in [0.717, 1.165) is 38.2 Å². The zero-order valence-electron chi connectivity index (χ0n) is 7.52. The number of piperidine rings is 1. The van der Waals surface area contributed by atoms with Gasteiger partial charge in [-0.2, -0.15) is 0 Å². The molecule has 1 aromatic rings. The number of likely N-dealkylation sites (tertiary alicyclic amines) is 1. The van der Waals surface area contributed by atoms with E-state index in [1.54, 1.807) is 0 Å². The normalized spacial score (nSPS) is 20.7. The molecular formula is C8H14N4S. The van der Waals surface area contributed by atoms with Crippen molar-refractivity contribution in [2.75, 3.05) is 13.1 Å². The monoisotopic (exact) mass is 198 g/mol. The van der Waals surface area contributed by atoms with Crippen molar-refractivity contribution in [3.8, 4) is 0 Å². The van der Waals surface area contributed by atoms with Gasteiger partial charge in [-0.3, -0.25) is 4.90 Å². The molecule has 2 rings (SSSR count). The first kappa shape index (κ1) is 9.05. The van der Waals surface area contributed by atoms with Crippen molar-refractivity contribution in [1.82, 2.24) is 14.5 Å². The Hall–Kier alpha value is -0.520. The second-order valence-electron chi connectivity index (χ2n) is 3.51. The predicted octanol–water partition coefficient (Wildman–Crippen LogP) is 0.461. The lowest BCUT2D eigenvalue weighted by Gasteiger charge is -2.29. The third-order valence-electron chi connectivity index (χ3n) is 2.42. The number of rotatable bonds is 2. The molecule has 2 N–H and O–H groups in total. The van der Waals surface area contributed by atoms with Crippen molar-refractivity contribution in [2.45, 2.75) is 25.4 Å². The summed E-state index contributed by atoms with van der Waals surface area (Å²) >= 11 is 1.42. The quantitative estimate of drug-likeness (QED) is 0.750. The van der Waals surface area contributed by atoms with Gasteiger partial charge in [0.05, 0.1) is 5.69 Å². The second-order valence-corrected chi connectivity index (χ2v) is 4.12. The maximum atomic E-state index is 5.82. The van der Waals surface area contributed by atoms with E-state index < -0.39 is 0 Å². The highest BCUT2D eigenvalue weighted by molar-refractivity contribution is 7.03. The fourth-order valence-electron chi connectivity index (χ4n) is 1.59. The van der Waals surface area contributed by atoms with Crippen LogP contribution in [0.2, 0.25) is 0 Å². The van der Waals surface area contributed by atoms with Gasteiger partial charge in [0.15, 0.2) is 0 Å². The Morgan fingerprint density at radius 3 is 2.92 bits per heavy atom. The van der Waals surface area contributed by atoms with Crippen molar-refractivity contribution in [1.29, 1.82) is 0 Å². The molecule has 1 aliphatic rings. The van der Waals surface area contributed by atoms with Gasteiger partial charge in [0.1, 0.15) is 0 Å². The van der Waals surface area contributed by atoms with Crippen LogP contribution < -0.4 is 5.73 Å². The Balaban J connectivity index is 1.83. The van der Waals surface area contributed by atoms with Gasteiger partial charge in [-0.05, 0) is 24.4 Å². The van der Waals surface area contributed by atoms with Gasteiger partial charge in [-0.15, -0.1) is 5.10 Å². The van der Waals surface area contributed by atoms with Gasteiger partial charge in [-0.25, -0.2) is 0 Å². The molecule has 1 fully saturated rings. The Morgan fingerprint density at radius 2 is 2.31 bits per heavy atom. The third-order valence-corrected chi connectivity index (χ3v) is 2.98. The van der Waals surface area contributed by atoms with Crippen LogP contribution in [0.1, 0.15) is 18.5 Å². The summed E-state index contributed by atoms with van der Waals surface area (Å²) in [4.78, 5) is 2.39. The van der Waals surface area contributed by atoms with Gasteiger partial charge < -0.3 is 5.73 Å². The molecule has 0 aromatic carbocycles. The van der Waals surface area contributed by atoms with Crippen molar-refractivity contribution < 1.29 is 0 Å². The molecule has 0 saturated carbocycles. The van der Waals surface area contributed by atoms with Gasteiger partial charge in [0, 0.05) is 31.1 Å². The van der Waals surface area contributed by atoms with Crippen LogP contribution in [0.15, 0.2) is 5.38 Å². The molecule has 1 aliphatic heterocycles. The first-order valence-corrected chi connectivity index (χ1v) is 5.42. The van der Waals surface area contributed by atoms with E-state index >= 15 is 0 Å². The molecular weight excluding hydrogens is 184 g/mol. The first-order valence-electron chi connectivity index (χ1n) is 4.58. The maximum Gasteiger partial charge on any atom is 0.0895 e. The summed E-state index contributed by atoms with van der Waals surface area (Å²) in [5.74, 6) is 0. The minimum absolute atomic E-state index is 0.407. The zero-order valence-corrected chi connectivity index (χ0v) is 8.33. The molecule has 13 heavy (non-hydrogen) atoms. The van der Waals surface area contributed by atoms with E-state index in [4.69, 9.17) is 5.73 Å². The summed E-state index contributed by atoms with van der Waals surface area (Å²) < 4.78 is 3.84. The number of hydrogen-bond acceptors (Lipinski definition) is 5. The molecule has 1 aromatic heterocycles. The summed E-state index contributed by atoms with van der Waals surface area (Å²) in [6.45, 7) is 3.13. The van der Waals surface area contributed by atoms with Crippen LogP contribution in [0, 0.1) is 0 Å². The van der Waals surface area contributed by atoms with Gasteiger partial charge >= 0.3 is 0 Å². The maximum absolute atomic E-state index is 5.82. The summed E-state index contributed by atoms with van der Waals surface area (Å²) in [6, 6.07) is 0.407. The lowest BCUT2D eigenvalue weighted by Crippen LogP contribution is -2.39. The number of nitrogens with zero attached hydrogens (tertiary/aromatic N) is 3. The molecule has 72 valence electrons. The molecule has 0 unspecified atom stereocenters. The first-order chi connectivity index (χ1) is 6.34. The molecule has 0 bridgehead atoms. The highest BCUT2D eigenvalue weighted by Crippen LogP contribution is 2.11. The van der Waals surface area contributed by atoms with E-state index in [1.165, 1.54) is 11.5 Å². The summed E-state index contributed by atoms with van der Waals surface area (Å²) in [5.41, 5.74) is 6.90. The van der Waals surface area contributed by atoms with Crippen LogP contribution in [0.25, 0.3) is 0 Å². The summed E-state index contributed by atoms with van der Waals surface area (Å²) in [7, 11) is 0. The second kappa shape index (κ2) is 4.13. The fraction of sp³-hybridized carbons (Fsp3) is 0.750. The van der Waals surface area contributed by atoms with Crippen LogP contribution in [-0.2, 0) is 6.54 Å². The molecule has 0 aliphatic carbocycles. The summed E-state index contributed by atoms with van der Waals surface area (Å²) in [6.07, 6.45) is 2.22. The highest BCUT2D eigenvalue weighted by Gasteiger charge is 2.16. The molecule has 0 atom stereocenters. The van der Waals surface area contributed by atoms with E-state index in [2.05, 4.69) is 14.5 Å². The van der Waals surface area contributed by atoms with E-state index in [0.29, 0.717) is 6.04 Å². The number of nitrogens with two attached hydrogens (primary N) is 1. The van der Waals surface area contributed by atoms with Crippen LogP contribution in [0.5, 0.6) is 0 Å². The van der Waals surface area contributed by atoms with Crippen LogP contribution in [-0.4, -0.2) is 33.6 Å². The van der Waals surface area contributed by atoms with Crippen molar-refractivity contribution in [3.63, 3.8) is 0 Å². The Kier molecular flexibility index (Phi) is 2.87. The topological polar surface area (TPSA) is 55.0 Å². The van der Waals surface area contributed by atoms with Crippen molar-refractivity contribution in [2.24, 2.45) is 5.73 Å². The molecule has 1 saturated heterocycles. The smallest absolute Gasteiger partial charge is 0.0895 e. The largest absolute Gasteiger partial charge is 0.328 e. The lowest BCUT2D eigenvalue weighted by molar-refractivity contribution is 0.203. The number of hydrogen-bond donors (Lipinski definition) is 1. The number of aromatic nitrogens is 2. The molecule has 0 radical (unpaired) electrons.